The smallest absolute Gasteiger partial charge is 0.285 e. The van der Waals surface area contributed by atoms with Crippen LogP contribution in [0.3, 0.4) is 0 Å². The maximum atomic E-state index is 12.1. The van der Waals surface area contributed by atoms with E-state index in [0.29, 0.717) is 22.6 Å². The van der Waals surface area contributed by atoms with Gasteiger partial charge in [0.15, 0.2) is 5.13 Å². The lowest BCUT2D eigenvalue weighted by Gasteiger charge is -2.34. The lowest BCUT2D eigenvalue weighted by atomic mass is 10.3. The minimum absolute atomic E-state index is 0.0943. The summed E-state index contributed by atoms with van der Waals surface area (Å²) in [5, 5.41) is 10.8. The van der Waals surface area contributed by atoms with Gasteiger partial charge >= 0.3 is 0 Å². The van der Waals surface area contributed by atoms with Gasteiger partial charge in [-0.05, 0) is 11.6 Å². The highest BCUT2D eigenvalue weighted by Gasteiger charge is 2.25. The molecule has 0 atom stereocenters. The summed E-state index contributed by atoms with van der Waals surface area (Å²) < 4.78 is 0.296. The van der Waals surface area contributed by atoms with Gasteiger partial charge in [-0.2, -0.15) is 0 Å². The summed E-state index contributed by atoms with van der Waals surface area (Å²) in [6, 6.07) is 0. The molecule has 0 saturated carbocycles. The largest absolute Gasteiger partial charge is 0.345 e. The molecule has 3 heterocycles. The van der Waals surface area contributed by atoms with Crippen molar-refractivity contribution in [2.75, 3.05) is 31.1 Å². The van der Waals surface area contributed by atoms with E-state index in [0.717, 1.165) is 29.6 Å². The van der Waals surface area contributed by atoms with Crippen LogP contribution in [0.2, 0.25) is 4.47 Å². The van der Waals surface area contributed by atoms with Crippen molar-refractivity contribution < 1.29 is 4.79 Å². The Hall–Kier alpha value is -1.25. The third-order valence-electron chi connectivity index (χ3n) is 2.84. The number of hydrogen-bond acceptors (Lipinski definition) is 7. The number of rotatable bonds is 2. The molecule has 0 N–H and O–H groups in total. The Kier molecular flexibility index (Phi) is 3.63. The van der Waals surface area contributed by atoms with E-state index >= 15 is 0 Å². The standard InChI is InChI=1S/C10H10ClN5OS2/c11-9-14-13-7(19-9)8(17)15-2-4-16(5-3-15)10-12-1-6-18-10/h1,6H,2-5H2. The fraction of sp³-hybridized carbons (Fsp3) is 0.400. The second-order valence-corrected chi connectivity index (χ2v) is 6.39. The van der Waals surface area contributed by atoms with Crippen molar-refractivity contribution in [1.82, 2.24) is 20.1 Å². The highest BCUT2D eigenvalue weighted by Crippen LogP contribution is 2.21. The zero-order chi connectivity index (χ0) is 13.2. The Labute approximate surface area is 122 Å². The molecular weight excluding hydrogens is 306 g/mol. The summed E-state index contributed by atoms with van der Waals surface area (Å²) in [5.41, 5.74) is 0. The molecule has 1 aliphatic heterocycles. The molecule has 3 rings (SSSR count). The summed E-state index contributed by atoms with van der Waals surface area (Å²) in [5.74, 6) is -0.0943. The minimum atomic E-state index is -0.0943. The van der Waals surface area contributed by atoms with Gasteiger partial charge in [-0.3, -0.25) is 4.79 Å². The second kappa shape index (κ2) is 5.40. The van der Waals surface area contributed by atoms with Gasteiger partial charge in [0.05, 0.1) is 0 Å². The molecule has 9 heteroatoms. The van der Waals surface area contributed by atoms with Crippen molar-refractivity contribution >= 4 is 45.3 Å². The van der Waals surface area contributed by atoms with E-state index in [4.69, 9.17) is 11.6 Å². The molecule has 0 aliphatic carbocycles. The van der Waals surface area contributed by atoms with Crippen molar-refractivity contribution in [3.05, 3.63) is 21.1 Å². The predicted octanol–water partition coefficient (Wildman–Crippen LogP) is 1.61. The number of nitrogens with zero attached hydrogens (tertiary/aromatic N) is 5. The predicted molar refractivity (Wildman–Crippen MR) is 75.1 cm³/mol. The van der Waals surface area contributed by atoms with Crippen LogP contribution in [0.1, 0.15) is 9.80 Å². The van der Waals surface area contributed by atoms with E-state index < -0.39 is 0 Å². The molecule has 6 nitrogen and oxygen atoms in total. The maximum absolute atomic E-state index is 12.1. The molecule has 1 amide bonds. The number of aromatic nitrogens is 3. The number of piperazine rings is 1. The molecule has 0 spiro atoms. The van der Waals surface area contributed by atoms with Crippen molar-refractivity contribution in [3.8, 4) is 0 Å². The number of thiazole rings is 1. The van der Waals surface area contributed by atoms with Crippen LogP contribution in [-0.2, 0) is 0 Å². The Morgan fingerprint density at radius 2 is 2.05 bits per heavy atom. The number of amides is 1. The van der Waals surface area contributed by atoms with E-state index in [-0.39, 0.29) is 5.91 Å². The summed E-state index contributed by atoms with van der Waals surface area (Å²) in [4.78, 5) is 20.4. The molecule has 2 aromatic rings. The third-order valence-corrected chi connectivity index (χ3v) is 4.68. The minimum Gasteiger partial charge on any atom is -0.345 e. The van der Waals surface area contributed by atoms with Gasteiger partial charge in [0.1, 0.15) is 0 Å². The molecule has 2 aromatic heterocycles. The van der Waals surface area contributed by atoms with Gasteiger partial charge in [-0.15, -0.1) is 21.5 Å². The zero-order valence-corrected chi connectivity index (χ0v) is 12.2. The van der Waals surface area contributed by atoms with Crippen molar-refractivity contribution in [2.24, 2.45) is 0 Å². The van der Waals surface area contributed by atoms with Crippen LogP contribution < -0.4 is 4.90 Å². The Morgan fingerprint density at radius 1 is 1.26 bits per heavy atom. The average molecular weight is 316 g/mol. The molecule has 0 unspecified atom stereocenters. The fourth-order valence-corrected chi connectivity index (χ4v) is 3.39. The third kappa shape index (κ3) is 2.70. The normalized spacial score (nSPS) is 15.8. The highest BCUT2D eigenvalue weighted by molar-refractivity contribution is 7.17. The summed E-state index contributed by atoms with van der Waals surface area (Å²) >= 11 is 8.42. The van der Waals surface area contributed by atoms with Gasteiger partial charge in [-0.1, -0.05) is 11.3 Å². The van der Waals surface area contributed by atoms with E-state index in [9.17, 15) is 4.79 Å². The molecule has 0 radical (unpaired) electrons. The molecule has 100 valence electrons. The maximum Gasteiger partial charge on any atom is 0.285 e. The summed E-state index contributed by atoms with van der Waals surface area (Å²) in [7, 11) is 0. The van der Waals surface area contributed by atoms with E-state index in [1.165, 1.54) is 0 Å². The van der Waals surface area contributed by atoms with Crippen molar-refractivity contribution in [2.45, 2.75) is 0 Å². The second-order valence-electron chi connectivity index (χ2n) is 3.95. The molecule has 1 fully saturated rings. The topological polar surface area (TPSA) is 62.2 Å². The van der Waals surface area contributed by atoms with Crippen LogP contribution in [0.4, 0.5) is 5.13 Å². The van der Waals surface area contributed by atoms with Gasteiger partial charge in [0.25, 0.3) is 5.91 Å². The van der Waals surface area contributed by atoms with Gasteiger partial charge in [-0.25, -0.2) is 4.98 Å². The summed E-state index contributed by atoms with van der Waals surface area (Å²) in [6.07, 6.45) is 1.79. The van der Waals surface area contributed by atoms with Crippen LogP contribution in [0.25, 0.3) is 0 Å². The molecule has 1 saturated heterocycles. The van der Waals surface area contributed by atoms with Crippen LogP contribution in [-0.4, -0.2) is 52.2 Å². The molecular formula is C10H10ClN5OS2. The lowest BCUT2D eigenvalue weighted by Crippen LogP contribution is -2.48. The fourth-order valence-electron chi connectivity index (χ4n) is 1.90. The van der Waals surface area contributed by atoms with Gasteiger partial charge in [0.2, 0.25) is 9.47 Å². The first kappa shape index (κ1) is 12.8. The monoisotopic (exact) mass is 315 g/mol. The highest BCUT2D eigenvalue weighted by atomic mass is 35.5. The van der Waals surface area contributed by atoms with E-state index in [2.05, 4.69) is 20.1 Å². The van der Waals surface area contributed by atoms with Crippen LogP contribution >= 0.6 is 34.3 Å². The number of anilines is 1. The first-order valence-corrected chi connectivity index (χ1v) is 7.74. The first-order chi connectivity index (χ1) is 9.24. The van der Waals surface area contributed by atoms with Crippen LogP contribution in [0, 0.1) is 0 Å². The van der Waals surface area contributed by atoms with Crippen molar-refractivity contribution in [3.63, 3.8) is 0 Å². The quantitative estimate of drug-likeness (QED) is 0.842. The molecule has 19 heavy (non-hydrogen) atoms. The first-order valence-electron chi connectivity index (χ1n) is 5.67. The number of carbonyl (C=O) groups excluding carboxylic acids is 1. The summed E-state index contributed by atoms with van der Waals surface area (Å²) in [6.45, 7) is 2.89. The Bertz CT molecular complexity index is 564. The molecule has 1 aliphatic rings. The van der Waals surface area contributed by atoms with E-state index in [1.807, 2.05) is 5.38 Å². The number of halogens is 1. The molecule has 0 bridgehead atoms. The van der Waals surface area contributed by atoms with Gasteiger partial charge < -0.3 is 9.80 Å². The molecule has 0 aromatic carbocycles. The number of carbonyl (C=O) groups is 1. The van der Waals surface area contributed by atoms with Gasteiger partial charge in [0, 0.05) is 37.8 Å². The Balaban J connectivity index is 1.62. The van der Waals surface area contributed by atoms with Crippen LogP contribution in [0.5, 0.6) is 0 Å². The van der Waals surface area contributed by atoms with E-state index in [1.54, 1.807) is 22.4 Å². The Morgan fingerprint density at radius 3 is 2.63 bits per heavy atom. The van der Waals surface area contributed by atoms with Crippen molar-refractivity contribution in [1.29, 1.82) is 0 Å². The number of hydrogen-bond donors (Lipinski definition) is 0. The average Bonchev–Trinajstić information content (AvgIpc) is 3.09. The zero-order valence-electron chi connectivity index (χ0n) is 9.82. The SMILES string of the molecule is O=C(c1nnc(Cl)s1)N1CCN(c2nccs2)CC1. The lowest BCUT2D eigenvalue weighted by molar-refractivity contribution is 0.0745. The van der Waals surface area contributed by atoms with Crippen LogP contribution in [0.15, 0.2) is 11.6 Å².